The lowest BCUT2D eigenvalue weighted by molar-refractivity contribution is -0.143. The van der Waals surface area contributed by atoms with E-state index >= 15 is 0 Å². The van der Waals surface area contributed by atoms with Gasteiger partial charge in [-0.25, -0.2) is 0 Å². The monoisotopic (exact) mass is 374 g/mol. The zero-order valence-electron chi connectivity index (χ0n) is 16.2. The van der Waals surface area contributed by atoms with E-state index in [1.807, 2.05) is 6.20 Å². The number of hydrogen-bond donors (Lipinski definition) is 1. The van der Waals surface area contributed by atoms with Gasteiger partial charge in [0.2, 0.25) is 0 Å². The molecule has 4 nitrogen and oxygen atoms in total. The molecule has 2 aromatic carbocycles. The summed E-state index contributed by atoms with van der Waals surface area (Å²) in [6.07, 6.45) is 4.31. The molecule has 1 unspecified atom stereocenters. The number of aliphatic carboxylic acids is 1. The van der Waals surface area contributed by atoms with Crippen molar-refractivity contribution in [2.75, 3.05) is 13.1 Å². The molecule has 144 valence electrons. The molecule has 3 aromatic rings. The van der Waals surface area contributed by atoms with Crippen LogP contribution in [0.5, 0.6) is 0 Å². The molecular weight excluding hydrogens is 348 g/mol. The average Bonchev–Trinajstić information content (AvgIpc) is 2.75. The minimum atomic E-state index is -0.674. The number of carboxylic acids is 1. The molecule has 1 N–H and O–H groups in total. The molecule has 0 bridgehead atoms. The van der Waals surface area contributed by atoms with Gasteiger partial charge in [-0.3, -0.25) is 14.7 Å². The lowest BCUT2D eigenvalue weighted by Crippen LogP contribution is -2.39. The number of piperidine rings is 1. The summed E-state index contributed by atoms with van der Waals surface area (Å²) in [5.74, 6) is -0.906. The van der Waals surface area contributed by atoms with Gasteiger partial charge < -0.3 is 5.11 Å². The predicted molar refractivity (Wildman–Crippen MR) is 111 cm³/mol. The standard InChI is InChI=1S/C24H26N2O2/c1-2-17-7-10-22(25-16-17)23(26-13-11-19(12-14-26)24(27)28)21-9-8-18-5-3-4-6-20(18)15-21/h3-10,15-16,19,23H,2,11-14H2,1H3,(H,27,28). The SMILES string of the molecule is CCc1ccc(C(c2ccc3ccccc3c2)N2CCC(C(=O)O)CC2)nc1. The molecule has 0 radical (unpaired) electrons. The highest BCUT2D eigenvalue weighted by molar-refractivity contribution is 5.83. The Morgan fingerprint density at radius 3 is 2.50 bits per heavy atom. The highest BCUT2D eigenvalue weighted by Gasteiger charge is 2.30. The number of benzene rings is 2. The van der Waals surface area contributed by atoms with Crippen LogP contribution in [0.3, 0.4) is 0 Å². The van der Waals surface area contributed by atoms with Crippen molar-refractivity contribution < 1.29 is 9.90 Å². The van der Waals surface area contributed by atoms with Gasteiger partial charge in [-0.1, -0.05) is 49.4 Å². The van der Waals surface area contributed by atoms with Gasteiger partial charge in [-0.05, 0) is 66.4 Å². The van der Waals surface area contributed by atoms with Crippen LogP contribution in [0.2, 0.25) is 0 Å². The van der Waals surface area contributed by atoms with Crippen LogP contribution in [0.25, 0.3) is 10.8 Å². The van der Waals surface area contributed by atoms with Gasteiger partial charge in [0.1, 0.15) is 0 Å². The molecule has 0 spiro atoms. The number of nitrogens with zero attached hydrogens (tertiary/aromatic N) is 2. The van der Waals surface area contributed by atoms with E-state index in [4.69, 9.17) is 4.98 Å². The number of hydrogen-bond acceptors (Lipinski definition) is 3. The van der Waals surface area contributed by atoms with E-state index in [1.54, 1.807) is 0 Å². The van der Waals surface area contributed by atoms with Crippen LogP contribution in [-0.2, 0) is 11.2 Å². The first kappa shape index (κ1) is 18.6. The summed E-state index contributed by atoms with van der Waals surface area (Å²) < 4.78 is 0. The first-order valence-electron chi connectivity index (χ1n) is 10.1. The van der Waals surface area contributed by atoms with Crippen LogP contribution in [0.15, 0.2) is 60.8 Å². The smallest absolute Gasteiger partial charge is 0.306 e. The summed E-state index contributed by atoms with van der Waals surface area (Å²) in [5, 5.41) is 11.8. The van der Waals surface area contributed by atoms with E-state index < -0.39 is 5.97 Å². The van der Waals surface area contributed by atoms with Crippen LogP contribution in [0.4, 0.5) is 0 Å². The molecule has 1 aliphatic rings. The fourth-order valence-corrected chi connectivity index (χ4v) is 4.16. The molecule has 0 saturated carbocycles. The summed E-state index contributed by atoms with van der Waals surface area (Å²) in [7, 11) is 0. The van der Waals surface area contributed by atoms with E-state index in [1.165, 1.54) is 21.9 Å². The maximum absolute atomic E-state index is 11.4. The maximum Gasteiger partial charge on any atom is 0.306 e. The number of rotatable bonds is 5. The minimum Gasteiger partial charge on any atom is -0.481 e. The average molecular weight is 374 g/mol. The Labute approximate surface area is 165 Å². The zero-order chi connectivity index (χ0) is 19.5. The van der Waals surface area contributed by atoms with Crippen molar-refractivity contribution in [3.8, 4) is 0 Å². The Morgan fingerprint density at radius 2 is 1.86 bits per heavy atom. The number of carboxylic acid groups (broad SMARTS) is 1. The van der Waals surface area contributed by atoms with Gasteiger partial charge in [-0.2, -0.15) is 0 Å². The second-order valence-corrected chi connectivity index (χ2v) is 7.60. The summed E-state index contributed by atoms with van der Waals surface area (Å²) in [4.78, 5) is 18.5. The second-order valence-electron chi connectivity index (χ2n) is 7.60. The molecule has 4 rings (SSSR count). The van der Waals surface area contributed by atoms with E-state index in [-0.39, 0.29) is 12.0 Å². The molecule has 2 heterocycles. The fraction of sp³-hybridized carbons (Fsp3) is 0.333. The van der Waals surface area contributed by atoms with E-state index in [0.717, 1.165) is 25.2 Å². The van der Waals surface area contributed by atoms with Crippen LogP contribution >= 0.6 is 0 Å². The number of aryl methyl sites for hydroxylation is 1. The van der Waals surface area contributed by atoms with Gasteiger partial charge in [-0.15, -0.1) is 0 Å². The molecule has 1 atom stereocenters. The highest BCUT2D eigenvalue weighted by atomic mass is 16.4. The molecule has 4 heteroatoms. The van der Waals surface area contributed by atoms with Crippen molar-refractivity contribution in [3.63, 3.8) is 0 Å². The third-order valence-corrected chi connectivity index (χ3v) is 5.87. The van der Waals surface area contributed by atoms with Crippen molar-refractivity contribution in [1.82, 2.24) is 9.88 Å². The first-order valence-corrected chi connectivity index (χ1v) is 10.1. The summed E-state index contributed by atoms with van der Waals surface area (Å²) in [6, 6.07) is 19.3. The van der Waals surface area contributed by atoms with Crippen LogP contribution in [0, 0.1) is 5.92 Å². The van der Waals surface area contributed by atoms with Crippen molar-refractivity contribution in [1.29, 1.82) is 0 Å². The van der Waals surface area contributed by atoms with Gasteiger partial charge in [0.25, 0.3) is 0 Å². The van der Waals surface area contributed by atoms with Gasteiger partial charge in [0.15, 0.2) is 0 Å². The van der Waals surface area contributed by atoms with E-state index in [9.17, 15) is 9.90 Å². The van der Waals surface area contributed by atoms with Gasteiger partial charge in [0, 0.05) is 6.20 Å². The number of pyridine rings is 1. The first-order chi connectivity index (χ1) is 13.7. The summed E-state index contributed by atoms with van der Waals surface area (Å²) >= 11 is 0. The quantitative estimate of drug-likeness (QED) is 0.704. The Hall–Kier alpha value is -2.72. The lowest BCUT2D eigenvalue weighted by atomic mass is 9.92. The minimum absolute atomic E-state index is 0.0465. The molecule has 0 amide bonds. The van der Waals surface area contributed by atoms with Crippen LogP contribution in [-0.4, -0.2) is 34.0 Å². The molecular formula is C24H26N2O2. The number of aromatic nitrogens is 1. The van der Waals surface area contributed by atoms with Gasteiger partial charge in [0.05, 0.1) is 17.7 Å². The summed E-state index contributed by atoms with van der Waals surface area (Å²) in [6.45, 7) is 3.67. The normalized spacial score (nSPS) is 16.9. The Bertz CT molecular complexity index is 960. The second kappa shape index (κ2) is 8.11. The Morgan fingerprint density at radius 1 is 1.11 bits per heavy atom. The molecule has 1 aromatic heterocycles. The van der Waals surface area contributed by atoms with Crippen molar-refractivity contribution in [3.05, 3.63) is 77.6 Å². The molecule has 0 aliphatic carbocycles. The van der Waals surface area contributed by atoms with E-state index in [0.29, 0.717) is 12.8 Å². The van der Waals surface area contributed by atoms with Crippen LogP contribution < -0.4 is 0 Å². The molecule has 1 fully saturated rings. The van der Waals surface area contributed by atoms with Crippen molar-refractivity contribution in [2.45, 2.75) is 32.2 Å². The number of likely N-dealkylation sites (tertiary alicyclic amines) is 1. The Balaban J connectivity index is 1.70. The largest absolute Gasteiger partial charge is 0.481 e. The maximum atomic E-state index is 11.4. The predicted octanol–water partition coefficient (Wildman–Crippen LogP) is 4.68. The topological polar surface area (TPSA) is 53.4 Å². The summed E-state index contributed by atoms with van der Waals surface area (Å²) in [5.41, 5.74) is 3.47. The van der Waals surface area contributed by atoms with E-state index in [2.05, 4.69) is 66.4 Å². The third-order valence-electron chi connectivity index (χ3n) is 5.87. The zero-order valence-corrected chi connectivity index (χ0v) is 16.2. The van der Waals surface area contributed by atoms with Crippen molar-refractivity contribution >= 4 is 16.7 Å². The van der Waals surface area contributed by atoms with Crippen molar-refractivity contribution in [2.24, 2.45) is 5.92 Å². The fourth-order valence-electron chi connectivity index (χ4n) is 4.16. The van der Waals surface area contributed by atoms with Crippen LogP contribution in [0.1, 0.15) is 42.6 Å². The molecule has 1 aliphatic heterocycles. The third kappa shape index (κ3) is 3.78. The lowest BCUT2D eigenvalue weighted by Gasteiger charge is -2.36. The molecule has 28 heavy (non-hydrogen) atoms. The highest BCUT2D eigenvalue weighted by Crippen LogP contribution is 2.33. The molecule has 1 saturated heterocycles. The van der Waals surface area contributed by atoms with Gasteiger partial charge >= 0.3 is 5.97 Å². The Kier molecular flexibility index (Phi) is 5.40. The number of fused-ring (bicyclic) bond motifs is 1. The number of carbonyl (C=O) groups is 1.